The van der Waals surface area contributed by atoms with E-state index in [0.717, 1.165) is 21.9 Å². The Hall–Kier alpha value is -1.71. The van der Waals surface area contributed by atoms with Crippen LogP contribution in [0.5, 0.6) is 5.75 Å². The van der Waals surface area contributed by atoms with E-state index >= 15 is 0 Å². The Kier molecular flexibility index (Phi) is 4.53. The molecule has 1 aromatic heterocycles. The van der Waals surface area contributed by atoms with Crippen LogP contribution in [0.2, 0.25) is 0 Å². The molecule has 1 unspecified atom stereocenters. The van der Waals surface area contributed by atoms with Crippen molar-refractivity contribution >= 4 is 22.8 Å². The zero-order valence-electron chi connectivity index (χ0n) is 11.9. The molecule has 5 nitrogen and oxygen atoms in total. The van der Waals surface area contributed by atoms with Crippen molar-refractivity contribution in [3.63, 3.8) is 0 Å². The van der Waals surface area contributed by atoms with Crippen molar-refractivity contribution in [3.8, 4) is 11.8 Å². The molecule has 0 aliphatic rings. The number of fused-ring (bicyclic) bond motifs is 1. The van der Waals surface area contributed by atoms with E-state index in [9.17, 15) is 0 Å². The molecule has 6 heteroatoms. The smallest absolute Gasteiger partial charge is 0.166 e. The number of hydrogen-bond donors (Lipinski definition) is 2. The lowest BCUT2D eigenvalue weighted by Gasteiger charge is -2.18. The van der Waals surface area contributed by atoms with Gasteiger partial charge in [0, 0.05) is 11.8 Å². The summed E-state index contributed by atoms with van der Waals surface area (Å²) in [5.74, 6) is 1.45. The van der Waals surface area contributed by atoms with Crippen LogP contribution >= 0.6 is 11.8 Å². The van der Waals surface area contributed by atoms with E-state index in [2.05, 4.69) is 21.4 Å². The Labute approximate surface area is 122 Å². The van der Waals surface area contributed by atoms with Crippen molar-refractivity contribution < 1.29 is 4.74 Å². The summed E-state index contributed by atoms with van der Waals surface area (Å²) in [4.78, 5) is 7.75. The maximum absolute atomic E-state index is 9.13. The molecule has 1 aromatic carbocycles. The third kappa shape index (κ3) is 3.24. The molecule has 2 N–H and O–H groups in total. The molecule has 20 heavy (non-hydrogen) atoms. The molecule has 0 saturated carbocycles. The lowest BCUT2D eigenvalue weighted by molar-refractivity contribution is 0.340. The molecule has 1 atom stereocenters. The highest BCUT2D eigenvalue weighted by Crippen LogP contribution is 2.25. The fraction of sp³-hybridized carbons (Fsp3) is 0.429. The van der Waals surface area contributed by atoms with Gasteiger partial charge in [-0.3, -0.25) is 0 Å². The van der Waals surface area contributed by atoms with E-state index in [1.54, 1.807) is 7.05 Å². The summed E-state index contributed by atoms with van der Waals surface area (Å²) in [7, 11) is 1.79. The predicted molar refractivity (Wildman–Crippen MR) is 81.1 cm³/mol. The van der Waals surface area contributed by atoms with Crippen LogP contribution in [0.15, 0.2) is 23.4 Å². The maximum Gasteiger partial charge on any atom is 0.166 e. The normalized spacial score (nSPS) is 13.9. The van der Waals surface area contributed by atoms with Crippen LogP contribution in [-0.2, 0) is 0 Å². The number of nitrogens with one attached hydrogen (secondary N) is 2. The number of thioether (sulfide) groups is 1. The second kappa shape index (κ2) is 6.16. The third-order valence-corrected chi connectivity index (χ3v) is 4.23. The van der Waals surface area contributed by atoms with Gasteiger partial charge in [0.25, 0.3) is 0 Å². The van der Waals surface area contributed by atoms with Crippen molar-refractivity contribution in [2.45, 2.75) is 24.5 Å². The summed E-state index contributed by atoms with van der Waals surface area (Å²) >= 11 is 1.53. The monoisotopic (exact) mass is 290 g/mol. The predicted octanol–water partition coefficient (Wildman–Crippen LogP) is 2.56. The Morgan fingerprint density at radius 3 is 3.00 bits per heavy atom. The zero-order valence-corrected chi connectivity index (χ0v) is 12.7. The minimum Gasteiger partial charge on any atom is -0.494 e. The molecule has 0 bridgehead atoms. The van der Waals surface area contributed by atoms with Crippen LogP contribution in [0.1, 0.15) is 13.8 Å². The van der Waals surface area contributed by atoms with Crippen LogP contribution in [-0.4, -0.2) is 34.9 Å². The molecule has 106 valence electrons. The number of hydrogen-bond acceptors (Lipinski definition) is 5. The molecule has 0 amide bonds. The Balaban J connectivity index is 2.14. The highest BCUT2D eigenvalue weighted by molar-refractivity contribution is 7.99. The lowest BCUT2D eigenvalue weighted by Crippen LogP contribution is -2.40. The highest BCUT2D eigenvalue weighted by Gasteiger charge is 2.22. The van der Waals surface area contributed by atoms with Gasteiger partial charge < -0.3 is 15.0 Å². The number of ether oxygens (including phenoxy) is 1. The van der Waals surface area contributed by atoms with E-state index in [1.165, 1.54) is 11.8 Å². The van der Waals surface area contributed by atoms with Crippen LogP contribution in [0, 0.1) is 11.3 Å². The van der Waals surface area contributed by atoms with E-state index in [4.69, 9.17) is 10.00 Å². The standard InChI is InChI=1S/C14H18N4OS/c1-4-19-10-5-6-11-12(7-10)18-13(17-11)20-9-14(2,8-15)16-3/h5-7,16H,4,9H2,1-3H3,(H,17,18). The molecule has 0 radical (unpaired) electrons. The molecule has 2 aromatic rings. The Bertz CT molecular complexity index is 634. The van der Waals surface area contributed by atoms with E-state index < -0.39 is 5.54 Å². The minimum absolute atomic E-state index is 0.555. The number of nitriles is 1. The first-order chi connectivity index (χ1) is 9.60. The summed E-state index contributed by atoms with van der Waals surface area (Å²) in [5, 5.41) is 13.0. The fourth-order valence-corrected chi connectivity index (χ4v) is 2.64. The van der Waals surface area contributed by atoms with Gasteiger partial charge in [-0.25, -0.2) is 4.98 Å². The number of imidazole rings is 1. The minimum atomic E-state index is -0.555. The third-order valence-electron chi connectivity index (χ3n) is 3.04. The molecule has 2 rings (SSSR count). The average Bonchev–Trinajstić information content (AvgIpc) is 2.87. The zero-order chi connectivity index (χ0) is 14.6. The number of benzene rings is 1. The van der Waals surface area contributed by atoms with Crippen molar-refractivity contribution in [1.82, 2.24) is 15.3 Å². The number of nitrogens with zero attached hydrogens (tertiary/aromatic N) is 2. The molecular formula is C14H18N4OS. The van der Waals surface area contributed by atoms with Gasteiger partial charge in [-0.15, -0.1) is 0 Å². The van der Waals surface area contributed by atoms with Gasteiger partial charge in [-0.05, 0) is 33.0 Å². The fourth-order valence-electron chi connectivity index (χ4n) is 1.66. The van der Waals surface area contributed by atoms with Crippen molar-refractivity contribution in [1.29, 1.82) is 5.26 Å². The van der Waals surface area contributed by atoms with Crippen LogP contribution < -0.4 is 10.1 Å². The van der Waals surface area contributed by atoms with E-state index in [0.29, 0.717) is 12.4 Å². The van der Waals surface area contributed by atoms with Gasteiger partial charge in [0.15, 0.2) is 5.16 Å². The summed E-state index contributed by atoms with van der Waals surface area (Å²) in [6, 6.07) is 8.05. The van der Waals surface area contributed by atoms with Gasteiger partial charge >= 0.3 is 0 Å². The van der Waals surface area contributed by atoms with Gasteiger partial charge in [-0.2, -0.15) is 5.26 Å². The van der Waals surface area contributed by atoms with Crippen LogP contribution in [0.4, 0.5) is 0 Å². The second-order valence-electron chi connectivity index (χ2n) is 4.64. The maximum atomic E-state index is 9.13. The number of aromatic nitrogens is 2. The van der Waals surface area contributed by atoms with Gasteiger partial charge in [0.1, 0.15) is 11.3 Å². The van der Waals surface area contributed by atoms with Gasteiger partial charge in [-0.1, -0.05) is 11.8 Å². The molecule has 0 aliphatic heterocycles. The Morgan fingerprint density at radius 2 is 2.35 bits per heavy atom. The summed E-state index contributed by atoms with van der Waals surface area (Å²) in [6.07, 6.45) is 0. The molecular weight excluding hydrogens is 272 g/mol. The van der Waals surface area contributed by atoms with Crippen LogP contribution in [0.3, 0.4) is 0 Å². The summed E-state index contributed by atoms with van der Waals surface area (Å²) in [6.45, 7) is 4.47. The van der Waals surface area contributed by atoms with Crippen molar-refractivity contribution in [2.75, 3.05) is 19.4 Å². The number of H-pyrrole nitrogens is 1. The SMILES string of the molecule is CCOc1ccc2nc(SCC(C)(C#N)NC)[nH]c2c1. The first kappa shape index (κ1) is 14.7. The summed E-state index contributed by atoms with van der Waals surface area (Å²) < 4.78 is 5.46. The molecule has 0 fully saturated rings. The van der Waals surface area contributed by atoms with Crippen molar-refractivity contribution in [2.24, 2.45) is 0 Å². The highest BCUT2D eigenvalue weighted by atomic mass is 32.2. The topological polar surface area (TPSA) is 73.7 Å². The van der Waals surface area contributed by atoms with Gasteiger partial charge in [0.2, 0.25) is 0 Å². The average molecular weight is 290 g/mol. The molecule has 0 saturated heterocycles. The van der Waals surface area contributed by atoms with Gasteiger partial charge in [0.05, 0.1) is 23.7 Å². The van der Waals surface area contributed by atoms with Crippen LogP contribution in [0.25, 0.3) is 11.0 Å². The van der Waals surface area contributed by atoms with E-state index in [1.807, 2.05) is 32.0 Å². The number of rotatable bonds is 6. The first-order valence-corrected chi connectivity index (χ1v) is 7.44. The second-order valence-corrected chi connectivity index (χ2v) is 5.60. The quantitative estimate of drug-likeness (QED) is 0.800. The van der Waals surface area contributed by atoms with Crippen molar-refractivity contribution in [3.05, 3.63) is 18.2 Å². The molecule has 1 heterocycles. The largest absolute Gasteiger partial charge is 0.494 e. The molecule has 0 aliphatic carbocycles. The number of aromatic amines is 1. The Morgan fingerprint density at radius 1 is 1.55 bits per heavy atom. The van der Waals surface area contributed by atoms with E-state index in [-0.39, 0.29) is 0 Å². The molecule has 0 spiro atoms. The summed E-state index contributed by atoms with van der Waals surface area (Å²) in [5.41, 5.74) is 1.29. The lowest BCUT2D eigenvalue weighted by atomic mass is 10.1. The first-order valence-electron chi connectivity index (χ1n) is 6.46.